The maximum atomic E-state index is 15.4. The molecule has 5 aliphatic rings. The number of fused-ring (bicyclic) bond motifs is 2. The maximum Gasteiger partial charge on any atom is 0.248 e. The molecule has 1 unspecified atom stereocenters. The van der Waals surface area contributed by atoms with E-state index in [1.807, 2.05) is 0 Å². The Bertz CT molecular complexity index is 3310. The van der Waals surface area contributed by atoms with Gasteiger partial charge in [-0.05, 0) is 75.0 Å². The number of amides is 11. The molecule has 5 fully saturated rings. The highest BCUT2D eigenvalue weighted by atomic mass is 16.6. The summed E-state index contributed by atoms with van der Waals surface area (Å²) >= 11 is 0. The Labute approximate surface area is 665 Å². The number of rotatable bonds is 37. The van der Waals surface area contributed by atoms with Gasteiger partial charge >= 0.3 is 0 Å². The van der Waals surface area contributed by atoms with Crippen molar-refractivity contribution < 1.29 is 144 Å². The Hall–Kier alpha value is -7.53. The number of ether oxygens (including phenoxy) is 2. The van der Waals surface area contributed by atoms with Gasteiger partial charge in [0, 0.05) is 77.7 Å². The van der Waals surface area contributed by atoms with Gasteiger partial charge in [-0.3, -0.25) is 58.1 Å². The van der Waals surface area contributed by atoms with Crippen molar-refractivity contribution >= 4 is 65.0 Å². The summed E-state index contributed by atoms with van der Waals surface area (Å²) in [5.74, 6) is -10.8. The van der Waals surface area contributed by atoms with Gasteiger partial charge in [0.05, 0.1) is 43.7 Å². The summed E-state index contributed by atoms with van der Waals surface area (Å²) in [5.41, 5.74) is -0.179. The molecular formula is C74H122N12O29. The van der Waals surface area contributed by atoms with Gasteiger partial charge in [0.25, 0.3) is 0 Å². The summed E-state index contributed by atoms with van der Waals surface area (Å²) in [4.78, 5) is 158. The predicted octanol–water partition coefficient (Wildman–Crippen LogP) is -8.82. The van der Waals surface area contributed by atoms with Crippen LogP contribution in [-0.4, -0.2) is 343 Å². The summed E-state index contributed by atoms with van der Waals surface area (Å²) in [7, 11) is 0. The fourth-order valence-electron chi connectivity index (χ4n) is 14.5. The van der Waals surface area contributed by atoms with Crippen molar-refractivity contribution in [2.45, 2.75) is 303 Å². The number of hydrogen-bond donors (Lipinski definition) is 26. The number of nitrogens with zero attached hydrogens (tertiary/aromatic N) is 2. The highest BCUT2D eigenvalue weighted by molar-refractivity contribution is 5.98. The van der Waals surface area contributed by atoms with Gasteiger partial charge in [0.2, 0.25) is 65.0 Å². The second-order valence-electron chi connectivity index (χ2n) is 30.7. The van der Waals surface area contributed by atoms with Crippen LogP contribution in [0.15, 0.2) is 24.3 Å². The normalized spacial score (nSPS) is 30.9. The number of carbonyl (C=O) groups is 11. The SMILES string of the molecule is CC[C@H](C)C[C@H](C)CCCCCCCCC(=O)N[C@H]1C[C@@H](O)[C@@H](NCCNC(=O)CCCC(=O)N[C@@H]2O[C@H](CO)[C@@H](O)[C@H](O)[C@H]2O)NC(=O)C2[C@@H](O)CCN2C(=O)[C@H]([C@H](O)CCNC(=O)CCCC(=O)N[C@@H]2O[C@H](CO)[C@@H](O)[C@H](O)[C@H]2O)NC(=O)[C@H]([C@H](O)[C@@H](O)c2ccc(O)cc2)NC(=O)[C@@H]2C[C@@H](O)CN2C(=O)[C@H]([C@@H](C)O)NC1=O. The molecule has 0 bridgehead atoms. The van der Waals surface area contributed by atoms with E-state index in [-0.39, 0.29) is 69.3 Å². The molecule has 0 aromatic heterocycles. The van der Waals surface area contributed by atoms with E-state index in [9.17, 15) is 120 Å². The predicted molar refractivity (Wildman–Crippen MR) is 400 cm³/mol. The number of aromatic hydroxyl groups is 1. The third-order valence-corrected chi connectivity index (χ3v) is 21.5. The summed E-state index contributed by atoms with van der Waals surface area (Å²) in [6, 6.07) is -8.09. The van der Waals surface area contributed by atoms with Gasteiger partial charge < -0.3 is 149 Å². The molecule has 26 atom stereocenters. The first-order valence-corrected chi connectivity index (χ1v) is 39.6. The van der Waals surface area contributed by atoms with Crippen LogP contribution in [0.5, 0.6) is 5.75 Å². The zero-order valence-corrected chi connectivity index (χ0v) is 65.3. The molecule has 11 amide bonds. The standard InChI is InChI=1S/C74H122N12O29/c1-5-36(2)30-37(3)14-10-8-6-7-9-11-15-51(97)78-42-32-46(94)66(77-28-27-76-50(96)17-13-19-53(99)80-72-65(107)63(105)60(102)48(35-88)115-72)84-70(111)57-45(93)25-29-85(57)74(113)55(44(92)24-26-75-49(95)16-12-18-52(98)79-71-64(106)62(104)59(101)47(34-87)114-71)82-69(110)56(61(103)58(100)39-20-22-40(90)23-21-39)83-68(109)43-31-41(91)33-86(43)73(112)54(38(4)89)81-67(42)108/h20-23,36-38,41-48,54-66,71-72,77,87-94,100-107H,5-19,24-35H2,1-4H3,(H,75,95)(H,76,96)(H,78,97)(H,79,98)(H,80,99)(H,81,108)(H,82,110)(H,83,109)(H,84,111)/t36-,37+,38+,41+,42-,43-,44+,45-,46+,47+,48+,54-,55-,56-,57?,58-,59+,60+,61-,62-,63-,64+,65+,66-,71+,72+/m0/s1. The van der Waals surface area contributed by atoms with E-state index in [1.54, 1.807) is 0 Å². The van der Waals surface area contributed by atoms with E-state index in [0.29, 0.717) is 24.7 Å². The topological polar surface area (TPSA) is 657 Å². The Morgan fingerprint density at radius 1 is 0.522 bits per heavy atom. The van der Waals surface area contributed by atoms with Crippen molar-refractivity contribution in [3.8, 4) is 5.75 Å². The fraction of sp³-hybridized carbons (Fsp3) is 0.770. The Morgan fingerprint density at radius 3 is 1.60 bits per heavy atom. The van der Waals surface area contributed by atoms with Gasteiger partial charge in [-0.15, -0.1) is 0 Å². The van der Waals surface area contributed by atoms with Crippen LogP contribution in [0.1, 0.15) is 168 Å². The first-order valence-electron chi connectivity index (χ1n) is 39.6. The second-order valence-corrected chi connectivity index (χ2v) is 30.7. The molecule has 5 heterocycles. The fourth-order valence-corrected chi connectivity index (χ4v) is 14.5. The zero-order chi connectivity index (χ0) is 85.1. The van der Waals surface area contributed by atoms with Crippen LogP contribution in [0, 0.1) is 11.8 Å². The number of carbonyl (C=O) groups excluding carboxylic acids is 11. The van der Waals surface area contributed by atoms with Crippen LogP contribution >= 0.6 is 0 Å². The summed E-state index contributed by atoms with van der Waals surface area (Å²) in [6.45, 7) is 3.72. The van der Waals surface area contributed by atoms with Crippen LogP contribution in [0.4, 0.5) is 0 Å². The number of hydrogen-bond acceptors (Lipinski definition) is 30. The lowest BCUT2D eigenvalue weighted by molar-refractivity contribution is -0.236. The number of phenolic OH excluding ortho intramolecular Hbond substituents is 1. The molecule has 1 aromatic carbocycles. The van der Waals surface area contributed by atoms with Crippen molar-refractivity contribution in [3.05, 3.63) is 29.8 Å². The number of aliphatic hydroxyl groups is 15. The molecule has 0 saturated carbocycles. The van der Waals surface area contributed by atoms with E-state index in [2.05, 4.69) is 73.9 Å². The van der Waals surface area contributed by atoms with Crippen molar-refractivity contribution in [3.63, 3.8) is 0 Å². The smallest absolute Gasteiger partial charge is 0.248 e. The molecule has 0 radical (unpaired) electrons. The van der Waals surface area contributed by atoms with Crippen molar-refractivity contribution in [1.29, 1.82) is 0 Å². The van der Waals surface area contributed by atoms with E-state index in [4.69, 9.17) is 9.47 Å². The molecule has 652 valence electrons. The molecule has 0 aliphatic carbocycles. The summed E-state index contributed by atoms with van der Waals surface area (Å²) in [5, 5.41) is 198. The molecule has 41 heteroatoms. The lowest BCUT2D eigenvalue weighted by Gasteiger charge is -2.40. The Balaban J connectivity index is 1.31. The number of benzene rings is 1. The molecule has 41 nitrogen and oxygen atoms in total. The van der Waals surface area contributed by atoms with E-state index >= 15 is 14.4 Å². The van der Waals surface area contributed by atoms with E-state index in [1.165, 1.54) is 0 Å². The lowest BCUT2D eigenvalue weighted by Crippen LogP contribution is -2.65. The van der Waals surface area contributed by atoms with E-state index < -0.39 is 270 Å². The van der Waals surface area contributed by atoms with Gasteiger partial charge in [0.15, 0.2) is 12.5 Å². The van der Waals surface area contributed by atoms with Crippen LogP contribution in [-0.2, 0) is 62.2 Å². The third kappa shape index (κ3) is 28.6. The van der Waals surface area contributed by atoms with Crippen LogP contribution in [0.25, 0.3) is 0 Å². The van der Waals surface area contributed by atoms with E-state index in [0.717, 1.165) is 85.9 Å². The Morgan fingerprint density at radius 2 is 1.03 bits per heavy atom. The van der Waals surface area contributed by atoms with Crippen LogP contribution in [0.2, 0.25) is 0 Å². The third-order valence-electron chi connectivity index (χ3n) is 21.5. The van der Waals surface area contributed by atoms with Crippen LogP contribution < -0.4 is 53.2 Å². The molecule has 1 aromatic rings. The number of aliphatic hydroxyl groups excluding tert-OH is 15. The largest absolute Gasteiger partial charge is 0.508 e. The van der Waals surface area contributed by atoms with Crippen molar-refractivity contribution in [1.82, 2.24) is 63.0 Å². The monoisotopic (exact) mass is 1640 g/mol. The molecule has 6 rings (SSSR count). The van der Waals surface area contributed by atoms with Gasteiger partial charge in [0.1, 0.15) is 109 Å². The average molecular weight is 1640 g/mol. The molecule has 26 N–H and O–H groups in total. The summed E-state index contributed by atoms with van der Waals surface area (Å²) in [6.07, 6.45) is -28.7. The summed E-state index contributed by atoms with van der Waals surface area (Å²) < 4.78 is 10.6. The molecule has 115 heavy (non-hydrogen) atoms. The highest BCUT2D eigenvalue weighted by Crippen LogP contribution is 2.29. The minimum absolute atomic E-state index is 0.111. The number of nitrogens with one attached hydrogen (secondary N) is 10. The molecule has 5 aliphatic heterocycles. The van der Waals surface area contributed by atoms with Gasteiger partial charge in [-0.25, -0.2) is 0 Å². The first kappa shape index (κ1) is 96.3. The van der Waals surface area contributed by atoms with Crippen molar-refractivity contribution in [2.24, 2.45) is 11.8 Å². The number of phenols is 1. The first-order chi connectivity index (χ1) is 54.5. The van der Waals surface area contributed by atoms with Crippen LogP contribution in [0.3, 0.4) is 0 Å². The minimum Gasteiger partial charge on any atom is -0.508 e. The molecular weight excluding hydrogens is 1520 g/mol. The highest BCUT2D eigenvalue weighted by Gasteiger charge is 2.51. The quantitative estimate of drug-likeness (QED) is 0.0275. The number of unbranched alkanes of at least 4 members (excludes halogenated alkanes) is 5. The second kappa shape index (κ2) is 47.2. The maximum absolute atomic E-state index is 15.4. The zero-order valence-electron chi connectivity index (χ0n) is 65.3. The molecule has 0 spiro atoms. The van der Waals surface area contributed by atoms with Gasteiger partial charge in [-0.1, -0.05) is 77.8 Å². The lowest BCUT2D eigenvalue weighted by atomic mass is 9.91. The minimum atomic E-state index is -2.47. The van der Waals surface area contributed by atoms with Gasteiger partial charge in [-0.2, -0.15) is 0 Å². The average Bonchev–Trinajstić information content (AvgIpc) is 1.68. The molecule has 5 saturated heterocycles. The van der Waals surface area contributed by atoms with Crippen molar-refractivity contribution in [2.75, 3.05) is 45.9 Å². The Kier molecular flexibility index (Phi) is 39.5.